The van der Waals surface area contributed by atoms with Crippen LogP contribution in [0.25, 0.3) is 0 Å². The molecular weight excluding hydrogens is 132 g/mol. The molecule has 0 N–H and O–H groups in total. The molecule has 2 heteroatoms. The largest absolute Gasteiger partial charge is 0.380 e. The first-order chi connectivity index (χ1) is 4.43. The fraction of sp³-hybridized carbons (Fsp3) is 1.00. The van der Waals surface area contributed by atoms with Gasteiger partial charge in [0.1, 0.15) is 0 Å². The molecule has 1 heterocycles. The standard InChI is InChI=1S/C7H14OS/c1-2-3-4-8-5-7-6-9-7/h7H,2-6H2,1H3. The maximum Gasteiger partial charge on any atom is 0.0593 e. The lowest BCUT2D eigenvalue weighted by molar-refractivity contribution is 0.139. The molecule has 1 aliphatic rings. The van der Waals surface area contributed by atoms with Crippen LogP contribution in [0.2, 0.25) is 0 Å². The van der Waals surface area contributed by atoms with Crippen molar-refractivity contribution < 1.29 is 4.74 Å². The summed E-state index contributed by atoms with van der Waals surface area (Å²) in [6, 6.07) is 0. The summed E-state index contributed by atoms with van der Waals surface area (Å²) in [7, 11) is 0. The van der Waals surface area contributed by atoms with Crippen LogP contribution in [0.5, 0.6) is 0 Å². The Morgan fingerprint density at radius 1 is 1.67 bits per heavy atom. The van der Waals surface area contributed by atoms with Crippen LogP contribution in [0, 0.1) is 0 Å². The second-order valence-corrected chi connectivity index (χ2v) is 3.72. The summed E-state index contributed by atoms with van der Waals surface area (Å²) in [5.41, 5.74) is 0. The van der Waals surface area contributed by atoms with Gasteiger partial charge in [0.15, 0.2) is 0 Å². The second-order valence-electron chi connectivity index (χ2n) is 2.38. The summed E-state index contributed by atoms with van der Waals surface area (Å²) in [6.45, 7) is 4.15. The van der Waals surface area contributed by atoms with Gasteiger partial charge in [-0.1, -0.05) is 13.3 Å². The van der Waals surface area contributed by atoms with E-state index < -0.39 is 0 Å². The van der Waals surface area contributed by atoms with Crippen LogP contribution in [0.3, 0.4) is 0 Å². The zero-order chi connectivity index (χ0) is 6.53. The van der Waals surface area contributed by atoms with Crippen molar-refractivity contribution in [2.45, 2.75) is 25.0 Å². The fourth-order valence-electron chi connectivity index (χ4n) is 0.625. The predicted octanol–water partition coefficient (Wildman–Crippen LogP) is 1.92. The number of ether oxygens (including phenoxy) is 1. The highest BCUT2D eigenvalue weighted by Crippen LogP contribution is 2.29. The topological polar surface area (TPSA) is 9.23 Å². The summed E-state index contributed by atoms with van der Waals surface area (Å²) >= 11 is 2.00. The van der Waals surface area contributed by atoms with E-state index in [-0.39, 0.29) is 0 Å². The lowest BCUT2D eigenvalue weighted by Crippen LogP contribution is -2.00. The molecule has 54 valence electrons. The van der Waals surface area contributed by atoms with Gasteiger partial charge in [-0.15, -0.1) is 0 Å². The Morgan fingerprint density at radius 3 is 3.00 bits per heavy atom. The Labute approximate surface area is 61.2 Å². The number of unbranched alkanes of at least 4 members (excludes halogenated alkanes) is 1. The lowest BCUT2D eigenvalue weighted by Gasteiger charge is -1.98. The number of hydrogen-bond acceptors (Lipinski definition) is 2. The van der Waals surface area contributed by atoms with Gasteiger partial charge in [-0.05, 0) is 6.42 Å². The fourth-order valence-corrected chi connectivity index (χ4v) is 1.05. The van der Waals surface area contributed by atoms with Crippen molar-refractivity contribution in [1.82, 2.24) is 0 Å². The van der Waals surface area contributed by atoms with Gasteiger partial charge < -0.3 is 4.74 Å². The maximum absolute atomic E-state index is 5.38. The van der Waals surface area contributed by atoms with Crippen molar-refractivity contribution in [3.8, 4) is 0 Å². The molecule has 0 bridgehead atoms. The normalized spacial score (nSPS) is 24.3. The summed E-state index contributed by atoms with van der Waals surface area (Å²) in [4.78, 5) is 0. The Morgan fingerprint density at radius 2 is 2.44 bits per heavy atom. The molecule has 0 saturated carbocycles. The van der Waals surface area contributed by atoms with E-state index in [4.69, 9.17) is 4.74 Å². The van der Waals surface area contributed by atoms with Crippen molar-refractivity contribution in [2.24, 2.45) is 0 Å². The van der Waals surface area contributed by atoms with Crippen molar-refractivity contribution in [1.29, 1.82) is 0 Å². The van der Waals surface area contributed by atoms with E-state index in [1.54, 1.807) is 0 Å². The van der Waals surface area contributed by atoms with E-state index in [2.05, 4.69) is 6.92 Å². The zero-order valence-electron chi connectivity index (χ0n) is 5.93. The van der Waals surface area contributed by atoms with Crippen LogP contribution in [0.15, 0.2) is 0 Å². The van der Waals surface area contributed by atoms with Crippen LogP contribution in [0.4, 0.5) is 0 Å². The minimum atomic E-state index is 0.849. The first kappa shape index (κ1) is 7.42. The van der Waals surface area contributed by atoms with Gasteiger partial charge in [0, 0.05) is 17.6 Å². The highest BCUT2D eigenvalue weighted by atomic mass is 32.2. The third-order valence-electron chi connectivity index (χ3n) is 1.35. The van der Waals surface area contributed by atoms with Crippen molar-refractivity contribution in [3.63, 3.8) is 0 Å². The molecule has 0 amide bonds. The van der Waals surface area contributed by atoms with Crippen molar-refractivity contribution >= 4 is 11.8 Å². The molecule has 1 fully saturated rings. The van der Waals surface area contributed by atoms with Gasteiger partial charge in [-0.25, -0.2) is 0 Å². The van der Waals surface area contributed by atoms with Gasteiger partial charge in [-0.3, -0.25) is 0 Å². The average Bonchev–Trinajstić information content (AvgIpc) is 2.63. The Hall–Kier alpha value is 0.310. The minimum absolute atomic E-state index is 0.849. The van der Waals surface area contributed by atoms with Gasteiger partial charge in [0.05, 0.1) is 6.61 Å². The quantitative estimate of drug-likeness (QED) is 0.433. The molecule has 0 radical (unpaired) electrons. The summed E-state index contributed by atoms with van der Waals surface area (Å²) in [6.07, 6.45) is 2.47. The molecule has 1 saturated heterocycles. The molecule has 1 aliphatic heterocycles. The predicted molar refractivity (Wildman–Crippen MR) is 42.0 cm³/mol. The maximum atomic E-state index is 5.38. The monoisotopic (exact) mass is 146 g/mol. The van der Waals surface area contributed by atoms with Crippen LogP contribution >= 0.6 is 11.8 Å². The van der Waals surface area contributed by atoms with E-state index >= 15 is 0 Å². The Balaban J connectivity index is 1.71. The second kappa shape index (κ2) is 4.18. The van der Waals surface area contributed by atoms with E-state index in [1.807, 2.05) is 11.8 Å². The summed E-state index contributed by atoms with van der Waals surface area (Å²) in [5, 5.41) is 0.849. The number of rotatable bonds is 5. The average molecular weight is 146 g/mol. The van der Waals surface area contributed by atoms with Gasteiger partial charge in [0.25, 0.3) is 0 Å². The molecule has 0 aromatic heterocycles. The number of thioether (sulfide) groups is 1. The highest BCUT2D eigenvalue weighted by Gasteiger charge is 2.21. The molecule has 0 aromatic rings. The SMILES string of the molecule is CCCCOCC1CS1. The highest BCUT2D eigenvalue weighted by molar-refractivity contribution is 8.06. The van der Waals surface area contributed by atoms with Crippen LogP contribution in [-0.2, 0) is 4.74 Å². The molecular formula is C7H14OS. The lowest BCUT2D eigenvalue weighted by atomic mass is 10.4. The zero-order valence-corrected chi connectivity index (χ0v) is 6.75. The molecule has 0 spiro atoms. The molecule has 1 unspecified atom stereocenters. The van der Waals surface area contributed by atoms with Crippen LogP contribution < -0.4 is 0 Å². The third-order valence-corrected chi connectivity index (χ3v) is 2.29. The van der Waals surface area contributed by atoms with E-state index in [0.717, 1.165) is 18.5 Å². The van der Waals surface area contributed by atoms with E-state index in [9.17, 15) is 0 Å². The molecule has 0 aromatic carbocycles. The minimum Gasteiger partial charge on any atom is -0.380 e. The molecule has 1 atom stereocenters. The number of hydrogen-bond donors (Lipinski definition) is 0. The van der Waals surface area contributed by atoms with E-state index in [1.165, 1.54) is 18.6 Å². The molecule has 9 heavy (non-hydrogen) atoms. The molecule has 1 nitrogen and oxygen atoms in total. The Kier molecular flexibility index (Phi) is 3.44. The molecule has 0 aliphatic carbocycles. The first-order valence-electron chi connectivity index (χ1n) is 3.63. The van der Waals surface area contributed by atoms with Crippen molar-refractivity contribution in [3.05, 3.63) is 0 Å². The van der Waals surface area contributed by atoms with Gasteiger partial charge >= 0.3 is 0 Å². The van der Waals surface area contributed by atoms with Crippen LogP contribution in [-0.4, -0.2) is 24.2 Å². The van der Waals surface area contributed by atoms with Gasteiger partial charge in [-0.2, -0.15) is 11.8 Å². The van der Waals surface area contributed by atoms with Gasteiger partial charge in [0.2, 0.25) is 0 Å². The third kappa shape index (κ3) is 3.82. The summed E-state index contributed by atoms with van der Waals surface area (Å²) < 4.78 is 5.38. The first-order valence-corrected chi connectivity index (χ1v) is 4.67. The smallest absolute Gasteiger partial charge is 0.0593 e. The Bertz CT molecular complexity index is 71.3. The molecule has 1 rings (SSSR count). The van der Waals surface area contributed by atoms with Crippen molar-refractivity contribution in [2.75, 3.05) is 19.0 Å². The summed E-state index contributed by atoms with van der Waals surface area (Å²) in [5.74, 6) is 1.33. The van der Waals surface area contributed by atoms with E-state index in [0.29, 0.717) is 0 Å². The van der Waals surface area contributed by atoms with Crippen LogP contribution in [0.1, 0.15) is 19.8 Å².